The molecule has 0 atom stereocenters. The fourth-order valence-electron chi connectivity index (χ4n) is 8.49. The van der Waals surface area contributed by atoms with Gasteiger partial charge in [-0.25, -0.2) is 15.0 Å². The smallest absolute Gasteiger partial charge is 0.167 e. The molecule has 0 fully saturated rings. The molecule has 0 aliphatic heterocycles. The van der Waals surface area contributed by atoms with Gasteiger partial charge in [-0.3, -0.25) is 0 Å². The third kappa shape index (κ3) is 4.98. The van der Waals surface area contributed by atoms with Crippen LogP contribution in [0.25, 0.3) is 115 Å². The average Bonchev–Trinajstić information content (AvgIpc) is 3.96. The van der Waals surface area contributed by atoms with Crippen LogP contribution in [0.3, 0.4) is 0 Å². The number of benzene rings is 8. The second kappa shape index (κ2) is 12.6. The van der Waals surface area contributed by atoms with Gasteiger partial charge in [-0.15, -0.1) is 11.3 Å². The van der Waals surface area contributed by atoms with E-state index in [2.05, 4.69) is 156 Å². The summed E-state index contributed by atoms with van der Waals surface area (Å²) in [4.78, 5) is 15.5. The van der Waals surface area contributed by atoms with Gasteiger partial charge in [-0.2, -0.15) is 0 Å². The lowest BCUT2D eigenvalue weighted by Crippen LogP contribution is -2.00. The van der Waals surface area contributed by atoms with Crippen LogP contribution >= 0.6 is 11.3 Å². The summed E-state index contributed by atoms with van der Waals surface area (Å²) in [5.41, 5.74) is 9.94. The molecule has 8 aromatic carbocycles. The number of nitrogens with zero attached hydrogens (tertiary/aromatic N) is 4. The first-order valence-electron chi connectivity index (χ1n) is 19.0. The van der Waals surface area contributed by atoms with Gasteiger partial charge in [0, 0.05) is 58.5 Å². The van der Waals surface area contributed by atoms with Gasteiger partial charge < -0.3 is 8.98 Å². The molecule has 0 radical (unpaired) electrons. The number of thiophene rings is 1. The maximum Gasteiger partial charge on any atom is 0.167 e. The molecule has 12 aromatic rings. The molecule has 0 spiro atoms. The molecule has 266 valence electrons. The Kier molecular flexibility index (Phi) is 7.03. The lowest BCUT2D eigenvalue weighted by Gasteiger charge is -2.09. The molecular formula is C51H30N4OS. The van der Waals surface area contributed by atoms with E-state index in [9.17, 15) is 0 Å². The monoisotopic (exact) mass is 746 g/mol. The van der Waals surface area contributed by atoms with Crippen molar-refractivity contribution >= 4 is 75.3 Å². The highest BCUT2D eigenvalue weighted by molar-refractivity contribution is 7.26. The minimum absolute atomic E-state index is 0.561. The van der Waals surface area contributed by atoms with Crippen LogP contribution in [-0.2, 0) is 0 Å². The summed E-state index contributed by atoms with van der Waals surface area (Å²) in [6, 6.07) is 63.7. The standard InChI is InChI=1S/C51H30N4OS/c1-4-14-31(15-5-1)35-21-13-25-43-45(35)40-27-26-33(30-44(40)57-43)50-52-49(32-16-6-2-7-17-32)53-51(54-50)41-23-12-22-38-39-29-28-37-36-20-10-11-24-42(36)55(34-18-8-3-9-19-34)46(37)48(39)56-47(38)41/h1-30H. The molecule has 12 rings (SSSR count). The van der Waals surface area contributed by atoms with Crippen molar-refractivity contribution in [3.8, 4) is 51.0 Å². The maximum atomic E-state index is 7.05. The summed E-state index contributed by atoms with van der Waals surface area (Å²) in [5.74, 6) is 1.78. The number of para-hydroxylation sites is 3. The van der Waals surface area contributed by atoms with Gasteiger partial charge in [0.15, 0.2) is 23.1 Å². The van der Waals surface area contributed by atoms with Gasteiger partial charge >= 0.3 is 0 Å². The third-order valence-electron chi connectivity index (χ3n) is 11.1. The predicted molar refractivity (Wildman–Crippen MR) is 236 cm³/mol. The van der Waals surface area contributed by atoms with Crippen molar-refractivity contribution in [2.45, 2.75) is 0 Å². The van der Waals surface area contributed by atoms with Crippen molar-refractivity contribution in [3.63, 3.8) is 0 Å². The SMILES string of the molecule is c1ccc(-c2nc(-c3ccc4c(c3)sc3cccc(-c5ccccc5)c34)nc(-c3cccc4c3oc3c4ccc4c5ccccc5n(-c5ccccc5)c43)n2)cc1. The molecule has 4 aromatic heterocycles. The van der Waals surface area contributed by atoms with E-state index in [0.717, 1.165) is 60.7 Å². The summed E-state index contributed by atoms with van der Waals surface area (Å²) < 4.78 is 11.8. The lowest BCUT2D eigenvalue weighted by molar-refractivity contribution is 0.671. The van der Waals surface area contributed by atoms with E-state index < -0.39 is 0 Å². The fraction of sp³-hybridized carbons (Fsp3) is 0. The molecule has 6 heteroatoms. The van der Waals surface area contributed by atoms with E-state index in [1.54, 1.807) is 11.3 Å². The highest BCUT2D eigenvalue weighted by Gasteiger charge is 2.22. The summed E-state index contributed by atoms with van der Waals surface area (Å²) in [5, 5.41) is 6.88. The summed E-state index contributed by atoms with van der Waals surface area (Å²) >= 11 is 1.80. The Labute approximate surface area is 330 Å². The number of furan rings is 1. The zero-order valence-electron chi connectivity index (χ0n) is 30.4. The van der Waals surface area contributed by atoms with Crippen LogP contribution in [0.5, 0.6) is 0 Å². The highest BCUT2D eigenvalue weighted by atomic mass is 32.1. The zero-order valence-corrected chi connectivity index (χ0v) is 31.2. The second-order valence-corrected chi connectivity index (χ2v) is 15.4. The lowest BCUT2D eigenvalue weighted by atomic mass is 9.99. The van der Waals surface area contributed by atoms with Crippen LogP contribution in [0.1, 0.15) is 0 Å². The van der Waals surface area contributed by atoms with Crippen LogP contribution in [0.2, 0.25) is 0 Å². The molecule has 0 saturated heterocycles. The molecular weight excluding hydrogens is 717 g/mol. The van der Waals surface area contributed by atoms with Gasteiger partial charge in [0.1, 0.15) is 5.58 Å². The first-order chi connectivity index (χ1) is 28.3. The molecule has 0 aliphatic carbocycles. The van der Waals surface area contributed by atoms with E-state index in [1.165, 1.54) is 36.7 Å². The predicted octanol–water partition coefficient (Wildman–Crippen LogP) is 13.9. The van der Waals surface area contributed by atoms with Crippen molar-refractivity contribution in [3.05, 3.63) is 182 Å². The largest absolute Gasteiger partial charge is 0.453 e. The molecule has 0 saturated carbocycles. The van der Waals surface area contributed by atoms with E-state index in [4.69, 9.17) is 19.4 Å². The first-order valence-corrected chi connectivity index (χ1v) is 19.8. The van der Waals surface area contributed by atoms with Crippen LogP contribution in [-0.4, -0.2) is 19.5 Å². The normalized spacial score (nSPS) is 11.9. The molecule has 0 amide bonds. The molecule has 0 aliphatic rings. The van der Waals surface area contributed by atoms with E-state index in [1.807, 2.05) is 30.3 Å². The molecule has 0 unspecified atom stereocenters. The molecule has 0 bridgehead atoms. The van der Waals surface area contributed by atoms with E-state index in [0.29, 0.717) is 17.5 Å². The number of hydrogen-bond acceptors (Lipinski definition) is 5. The van der Waals surface area contributed by atoms with Gasteiger partial charge in [0.25, 0.3) is 0 Å². The fourth-order valence-corrected chi connectivity index (χ4v) is 9.66. The molecule has 57 heavy (non-hydrogen) atoms. The highest BCUT2D eigenvalue weighted by Crippen LogP contribution is 2.44. The third-order valence-corrected chi connectivity index (χ3v) is 12.2. The van der Waals surface area contributed by atoms with Crippen LogP contribution in [0.15, 0.2) is 186 Å². The van der Waals surface area contributed by atoms with Crippen molar-refractivity contribution < 1.29 is 4.42 Å². The Morgan fingerprint density at radius 1 is 0.404 bits per heavy atom. The van der Waals surface area contributed by atoms with Crippen molar-refractivity contribution in [1.29, 1.82) is 0 Å². The van der Waals surface area contributed by atoms with Gasteiger partial charge in [-0.1, -0.05) is 140 Å². The first kappa shape index (κ1) is 31.9. The zero-order chi connectivity index (χ0) is 37.5. The molecule has 5 nitrogen and oxygen atoms in total. The Morgan fingerprint density at radius 2 is 1.02 bits per heavy atom. The quantitative estimate of drug-likeness (QED) is 0.176. The van der Waals surface area contributed by atoms with Crippen LogP contribution in [0, 0.1) is 0 Å². The molecule has 0 N–H and O–H groups in total. The minimum atomic E-state index is 0.561. The van der Waals surface area contributed by atoms with Gasteiger partial charge in [0.05, 0.1) is 16.6 Å². The summed E-state index contributed by atoms with van der Waals surface area (Å²) in [6.45, 7) is 0. The van der Waals surface area contributed by atoms with Crippen molar-refractivity contribution in [2.24, 2.45) is 0 Å². The Balaban J connectivity index is 1.08. The van der Waals surface area contributed by atoms with E-state index >= 15 is 0 Å². The van der Waals surface area contributed by atoms with Gasteiger partial charge in [0.2, 0.25) is 0 Å². The maximum absolute atomic E-state index is 7.05. The van der Waals surface area contributed by atoms with E-state index in [-0.39, 0.29) is 0 Å². The number of fused-ring (bicyclic) bond motifs is 10. The molecule has 4 heterocycles. The Hall–Kier alpha value is -7.41. The minimum Gasteiger partial charge on any atom is -0.453 e. The topological polar surface area (TPSA) is 56.7 Å². The van der Waals surface area contributed by atoms with Gasteiger partial charge in [-0.05, 0) is 53.6 Å². The van der Waals surface area contributed by atoms with Crippen molar-refractivity contribution in [1.82, 2.24) is 19.5 Å². The number of aromatic nitrogens is 4. The van der Waals surface area contributed by atoms with Crippen LogP contribution in [0.4, 0.5) is 0 Å². The number of hydrogen-bond donors (Lipinski definition) is 0. The Bertz CT molecular complexity index is 3510. The number of rotatable bonds is 5. The van der Waals surface area contributed by atoms with Crippen molar-refractivity contribution in [2.75, 3.05) is 0 Å². The Morgan fingerprint density at radius 3 is 1.84 bits per heavy atom. The van der Waals surface area contributed by atoms with Crippen LogP contribution < -0.4 is 0 Å². The average molecular weight is 747 g/mol. The summed E-state index contributed by atoms with van der Waals surface area (Å²) in [6.07, 6.45) is 0. The second-order valence-electron chi connectivity index (χ2n) is 14.3. The summed E-state index contributed by atoms with van der Waals surface area (Å²) in [7, 11) is 0.